The third-order valence-corrected chi connectivity index (χ3v) is 4.83. The molecule has 1 unspecified atom stereocenters. The van der Waals surface area contributed by atoms with Gasteiger partial charge in [-0.05, 0) is 45.4 Å². The van der Waals surface area contributed by atoms with Crippen molar-refractivity contribution < 1.29 is 19.2 Å². The number of rotatable bonds is 5. The van der Waals surface area contributed by atoms with E-state index in [1.165, 1.54) is 0 Å². The highest BCUT2D eigenvalue weighted by Gasteiger charge is 2.54. The molecule has 0 saturated carbocycles. The van der Waals surface area contributed by atoms with Crippen LogP contribution in [0.15, 0.2) is 24.3 Å². The van der Waals surface area contributed by atoms with Crippen LogP contribution in [-0.2, 0) is 14.1 Å². The van der Waals surface area contributed by atoms with Crippen LogP contribution >= 0.6 is 0 Å². The van der Waals surface area contributed by atoms with Crippen molar-refractivity contribution in [3.8, 4) is 0 Å². The lowest BCUT2D eigenvalue weighted by molar-refractivity contribution is -0.137. The van der Waals surface area contributed by atoms with Crippen molar-refractivity contribution in [3.63, 3.8) is 0 Å². The average molecular weight is 319 g/mol. The normalized spacial score (nSPS) is 20.3. The zero-order valence-corrected chi connectivity index (χ0v) is 14.8. The number of hydrogen-bond donors (Lipinski definition) is 1. The van der Waals surface area contributed by atoms with E-state index in [-0.39, 0.29) is 12.2 Å². The molecule has 1 atom stereocenters. The molecule has 126 valence electrons. The minimum atomic E-state index is -0.860. The molecule has 0 aliphatic carbocycles. The summed E-state index contributed by atoms with van der Waals surface area (Å²) in [6.45, 7) is 7.89. The molecule has 1 aromatic carbocycles. The molecule has 2 rings (SSSR count). The van der Waals surface area contributed by atoms with Crippen molar-refractivity contribution in [2.75, 3.05) is 19.0 Å². The highest BCUT2D eigenvalue weighted by molar-refractivity contribution is 6.48. The largest absolute Gasteiger partial charge is 0.481 e. The number of hydrogen-bond acceptors (Lipinski definition) is 4. The van der Waals surface area contributed by atoms with Crippen LogP contribution in [0.5, 0.6) is 0 Å². The van der Waals surface area contributed by atoms with Gasteiger partial charge >= 0.3 is 13.1 Å². The summed E-state index contributed by atoms with van der Waals surface area (Å²) in [5, 5.41) is 9.29. The summed E-state index contributed by atoms with van der Waals surface area (Å²) in [6, 6.07) is 7.87. The van der Waals surface area contributed by atoms with Crippen LogP contribution in [0, 0.1) is 0 Å². The summed E-state index contributed by atoms with van der Waals surface area (Å²) >= 11 is 0. The fourth-order valence-corrected chi connectivity index (χ4v) is 2.63. The smallest absolute Gasteiger partial charge is 0.466 e. The molecule has 23 heavy (non-hydrogen) atoms. The standard InChI is InChI=1S/C17H26BNO4/c1-16(2)17(3,4)23-18(22-16)14(11-15(20)21)12-7-9-13(10-8-12)19(5)6/h7-10,14H,11H2,1-6H3,(H,20,21). The van der Waals surface area contributed by atoms with Gasteiger partial charge in [-0.25, -0.2) is 0 Å². The summed E-state index contributed by atoms with van der Waals surface area (Å²) < 4.78 is 12.1. The lowest BCUT2D eigenvalue weighted by Crippen LogP contribution is -2.41. The first-order valence-electron chi connectivity index (χ1n) is 7.88. The molecule has 5 nitrogen and oxygen atoms in total. The van der Waals surface area contributed by atoms with Gasteiger partial charge in [0.25, 0.3) is 0 Å². The van der Waals surface area contributed by atoms with Crippen LogP contribution in [0.4, 0.5) is 5.69 Å². The number of carboxylic acid groups (broad SMARTS) is 1. The Morgan fingerprint density at radius 3 is 2.00 bits per heavy atom. The Bertz CT molecular complexity index is 552. The maximum Gasteiger partial charge on any atom is 0.466 e. The highest BCUT2D eigenvalue weighted by Crippen LogP contribution is 2.41. The predicted octanol–water partition coefficient (Wildman–Crippen LogP) is 2.94. The summed E-state index contributed by atoms with van der Waals surface area (Å²) in [4.78, 5) is 13.3. The molecule has 0 aromatic heterocycles. The second-order valence-electron chi connectivity index (χ2n) is 7.32. The Balaban J connectivity index is 2.29. The monoisotopic (exact) mass is 319 g/mol. The van der Waals surface area contributed by atoms with E-state index in [4.69, 9.17) is 9.31 Å². The molecule has 0 spiro atoms. The van der Waals surface area contributed by atoms with Gasteiger partial charge in [-0.2, -0.15) is 0 Å². The first-order valence-corrected chi connectivity index (χ1v) is 7.88. The average Bonchev–Trinajstić information content (AvgIpc) is 2.64. The van der Waals surface area contributed by atoms with E-state index in [9.17, 15) is 9.90 Å². The molecule has 1 saturated heterocycles. The van der Waals surface area contributed by atoms with Crippen LogP contribution in [0.25, 0.3) is 0 Å². The lowest BCUT2D eigenvalue weighted by Gasteiger charge is -2.32. The molecule has 1 N–H and O–H groups in total. The second-order valence-corrected chi connectivity index (χ2v) is 7.32. The van der Waals surface area contributed by atoms with E-state index in [0.717, 1.165) is 11.3 Å². The number of carboxylic acids is 1. The molecular formula is C17H26BNO4. The topological polar surface area (TPSA) is 59.0 Å². The molecule has 6 heteroatoms. The Labute approximate surface area is 138 Å². The molecule has 0 amide bonds. The minimum Gasteiger partial charge on any atom is -0.481 e. The minimum absolute atomic E-state index is 0.0296. The van der Waals surface area contributed by atoms with Crippen LogP contribution in [0.3, 0.4) is 0 Å². The van der Waals surface area contributed by atoms with Crippen molar-refractivity contribution in [2.24, 2.45) is 0 Å². The Hall–Kier alpha value is -1.53. The van der Waals surface area contributed by atoms with Crippen LogP contribution in [-0.4, -0.2) is 43.5 Å². The zero-order chi connectivity index (χ0) is 17.4. The Morgan fingerprint density at radius 2 is 1.61 bits per heavy atom. The van der Waals surface area contributed by atoms with Gasteiger partial charge in [0.1, 0.15) is 0 Å². The van der Waals surface area contributed by atoms with Crippen LogP contribution < -0.4 is 4.90 Å². The molecule has 0 bridgehead atoms. The van der Waals surface area contributed by atoms with Crippen LogP contribution in [0.1, 0.15) is 45.5 Å². The third-order valence-electron chi connectivity index (χ3n) is 4.83. The van der Waals surface area contributed by atoms with Crippen molar-refractivity contribution in [1.82, 2.24) is 0 Å². The first kappa shape index (κ1) is 17.8. The molecule has 1 heterocycles. The van der Waals surface area contributed by atoms with E-state index < -0.39 is 24.3 Å². The van der Waals surface area contributed by atoms with Gasteiger partial charge in [0, 0.05) is 25.6 Å². The Kier molecular flexibility index (Phi) is 4.78. The summed E-state index contributed by atoms with van der Waals surface area (Å²) in [6.07, 6.45) is -0.0296. The van der Waals surface area contributed by atoms with Crippen molar-refractivity contribution in [3.05, 3.63) is 29.8 Å². The lowest BCUT2D eigenvalue weighted by atomic mass is 9.66. The summed E-state index contributed by atoms with van der Waals surface area (Å²) in [7, 11) is 3.37. The van der Waals surface area contributed by atoms with Gasteiger partial charge in [-0.15, -0.1) is 0 Å². The molecule has 1 fully saturated rings. The van der Waals surface area contributed by atoms with E-state index in [1.807, 2.05) is 71.0 Å². The maximum absolute atomic E-state index is 11.3. The summed E-state index contributed by atoms with van der Waals surface area (Å²) in [5.41, 5.74) is 1.03. The molecule has 1 aliphatic rings. The number of benzene rings is 1. The molecule has 1 aliphatic heterocycles. The SMILES string of the molecule is CN(C)c1ccc(C(CC(=O)O)B2OC(C)(C)C(C)(C)O2)cc1. The van der Waals surface area contributed by atoms with Gasteiger partial charge in [0.2, 0.25) is 0 Å². The fraction of sp³-hybridized carbons (Fsp3) is 0.588. The van der Waals surface area contributed by atoms with E-state index in [1.54, 1.807) is 0 Å². The number of carbonyl (C=O) groups is 1. The van der Waals surface area contributed by atoms with Crippen molar-refractivity contribution in [1.29, 1.82) is 0 Å². The van der Waals surface area contributed by atoms with Crippen molar-refractivity contribution in [2.45, 2.75) is 51.1 Å². The predicted molar refractivity (Wildman–Crippen MR) is 91.8 cm³/mol. The van der Waals surface area contributed by atoms with Gasteiger partial charge in [0.15, 0.2) is 0 Å². The Morgan fingerprint density at radius 1 is 1.13 bits per heavy atom. The van der Waals surface area contributed by atoms with Crippen LogP contribution in [0.2, 0.25) is 0 Å². The van der Waals surface area contributed by atoms with Gasteiger partial charge in [0.05, 0.1) is 17.6 Å². The first-order chi connectivity index (χ1) is 10.5. The zero-order valence-electron chi connectivity index (χ0n) is 14.8. The molecule has 1 aromatic rings. The molecule has 0 radical (unpaired) electrons. The second kappa shape index (κ2) is 6.17. The quantitative estimate of drug-likeness (QED) is 0.846. The number of nitrogens with zero attached hydrogens (tertiary/aromatic N) is 1. The number of anilines is 1. The van der Waals surface area contributed by atoms with Gasteiger partial charge in [-0.3, -0.25) is 4.79 Å². The van der Waals surface area contributed by atoms with E-state index in [2.05, 4.69) is 0 Å². The fourth-order valence-electron chi connectivity index (χ4n) is 2.63. The summed E-state index contributed by atoms with van der Waals surface area (Å²) in [5.74, 6) is -1.20. The molecular weight excluding hydrogens is 293 g/mol. The highest BCUT2D eigenvalue weighted by atomic mass is 16.7. The van der Waals surface area contributed by atoms with E-state index >= 15 is 0 Å². The maximum atomic E-state index is 11.3. The van der Waals surface area contributed by atoms with Crippen molar-refractivity contribution >= 4 is 18.8 Å². The number of aliphatic carboxylic acids is 1. The van der Waals surface area contributed by atoms with Gasteiger partial charge in [-0.1, -0.05) is 12.1 Å². The third kappa shape index (κ3) is 3.70. The van der Waals surface area contributed by atoms with Gasteiger partial charge < -0.3 is 19.3 Å². The van der Waals surface area contributed by atoms with E-state index in [0.29, 0.717) is 0 Å².